The second-order valence-corrected chi connectivity index (χ2v) is 7.23. The first-order valence-corrected chi connectivity index (χ1v) is 8.63. The molecule has 0 bridgehead atoms. The van der Waals surface area contributed by atoms with E-state index in [0.717, 1.165) is 18.7 Å². The first-order valence-electron chi connectivity index (χ1n) is 7.15. The average Bonchev–Trinajstić information content (AvgIpc) is 3.27. The number of rotatable bonds is 6. The molecule has 6 nitrogen and oxygen atoms in total. The molecule has 0 aliphatic heterocycles. The fourth-order valence-electron chi connectivity index (χ4n) is 2.47. The smallest absolute Gasteiger partial charge is 0.241 e. The van der Waals surface area contributed by atoms with Gasteiger partial charge in [-0.15, -0.1) is 0 Å². The van der Waals surface area contributed by atoms with E-state index in [0.29, 0.717) is 11.7 Å². The molecule has 1 saturated carbocycles. The SMILES string of the molecule is COc1cccc(S(=O)(=O)N[C@@H](c2nccn2C)C2CC2)c1. The summed E-state index contributed by atoms with van der Waals surface area (Å²) in [6.45, 7) is 0. The lowest BCUT2D eigenvalue weighted by Crippen LogP contribution is -2.31. The molecule has 0 spiro atoms. The van der Waals surface area contributed by atoms with Crippen LogP contribution < -0.4 is 9.46 Å². The minimum Gasteiger partial charge on any atom is -0.497 e. The predicted octanol–water partition coefficient (Wildman–Crippen LogP) is 1.86. The Morgan fingerprint density at radius 3 is 2.77 bits per heavy atom. The Labute approximate surface area is 130 Å². The molecule has 0 amide bonds. The van der Waals surface area contributed by atoms with Gasteiger partial charge in [-0.1, -0.05) is 6.07 Å². The molecule has 0 saturated heterocycles. The zero-order valence-electron chi connectivity index (χ0n) is 12.6. The largest absolute Gasteiger partial charge is 0.497 e. The van der Waals surface area contributed by atoms with E-state index in [1.807, 2.05) is 17.8 Å². The third-order valence-corrected chi connectivity index (χ3v) is 5.30. The second-order valence-electron chi connectivity index (χ2n) is 5.51. The molecule has 1 N–H and O–H groups in total. The summed E-state index contributed by atoms with van der Waals surface area (Å²) in [5.74, 6) is 1.57. The summed E-state index contributed by atoms with van der Waals surface area (Å²) in [6.07, 6.45) is 5.53. The number of imidazole rings is 1. The summed E-state index contributed by atoms with van der Waals surface area (Å²) in [4.78, 5) is 4.50. The molecule has 1 aliphatic rings. The normalized spacial score (nSPS) is 16.5. The fourth-order valence-corrected chi connectivity index (χ4v) is 3.77. The molecule has 2 aromatic rings. The van der Waals surface area contributed by atoms with Crippen LogP contribution in [0.2, 0.25) is 0 Å². The van der Waals surface area contributed by atoms with Crippen LogP contribution in [0, 0.1) is 5.92 Å². The van der Waals surface area contributed by atoms with Crippen LogP contribution in [0.1, 0.15) is 24.7 Å². The van der Waals surface area contributed by atoms with Gasteiger partial charge in [0.2, 0.25) is 10.0 Å². The Hall–Kier alpha value is -1.86. The molecule has 1 aromatic carbocycles. The molecular formula is C15H19N3O3S. The van der Waals surface area contributed by atoms with Gasteiger partial charge in [-0.05, 0) is 30.9 Å². The number of hydrogen-bond acceptors (Lipinski definition) is 4. The van der Waals surface area contributed by atoms with Gasteiger partial charge in [-0.25, -0.2) is 18.1 Å². The lowest BCUT2D eigenvalue weighted by Gasteiger charge is -2.18. The van der Waals surface area contributed by atoms with Crippen LogP contribution in [0.4, 0.5) is 0 Å². The quantitative estimate of drug-likeness (QED) is 0.881. The van der Waals surface area contributed by atoms with Crippen molar-refractivity contribution >= 4 is 10.0 Å². The van der Waals surface area contributed by atoms with Crippen LogP contribution in [-0.4, -0.2) is 25.1 Å². The molecular weight excluding hydrogens is 302 g/mol. The van der Waals surface area contributed by atoms with Gasteiger partial charge in [0.15, 0.2) is 0 Å². The zero-order valence-corrected chi connectivity index (χ0v) is 13.4. The van der Waals surface area contributed by atoms with Gasteiger partial charge in [0.05, 0.1) is 18.0 Å². The van der Waals surface area contributed by atoms with Crippen molar-refractivity contribution in [3.8, 4) is 5.75 Å². The van der Waals surface area contributed by atoms with Crippen LogP contribution in [0.5, 0.6) is 5.75 Å². The molecule has 118 valence electrons. The molecule has 0 radical (unpaired) electrons. The summed E-state index contributed by atoms with van der Waals surface area (Å²) in [6, 6.07) is 6.17. The number of methoxy groups -OCH3 is 1. The van der Waals surface area contributed by atoms with Crippen molar-refractivity contribution in [3.05, 3.63) is 42.5 Å². The van der Waals surface area contributed by atoms with Gasteiger partial charge >= 0.3 is 0 Å². The van der Waals surface area contributed by atoms with Crippen LogP contribution in [0.15, 0.2) is 41.6 Å². The zero-order chi connectivity index (χ0) is 15.7. The number of hydrogen-bond donors (Lipinski definition) is 1. The summed E-state index contributed by atoms with van der Waals surface area (Å²) in [7, 11) is -0.237. The number of nitrogens with zero attached hydrogens (tertiary/aromatic N) is 2. The van der Waals surface area contributed by atoms with E-state index in [-0.39, 0.29) is 10.9 Å². The van der Waals surface area contributed by atoms with Gasteiger partial charge in [0, 0.05) is 25.5 Å². The molecule has 3 rings (SSSR count). The van der Waals surface area contributed by atoms with E-state index in [1.165, 1.54) is 13.2 Å². The Bertz CT molecular complexity index is 766. The minimum atomic E-state index is -3.62. The second kappa shape index (κ2) is 5.73. The van der Waals surface area contributed by atoms with Gasteiger partial charge in [-0.3, -0.25) is 0 Å². The summed E-state index contributed by atoms with van der Waals surface area (Å²) in [5, 5.41) is 0. The maximum atomic E-state index is 12.6. The molecule has 1 fully saturated rings. The van der Waals surface area contributed by atoms with Crippen LogP contribution in [-0.2, 0) is 17.1 Å². The lowest BCUT2D eigenvalue weighted by molar-refractivity contribution is 0.413. The topological polar surface area (TPSA) is 73.2 Å². The Balaban J connectivity index is 1.90. The van der Waals surface area contributed by atoms with E-state index >= 15 is 0 Å². The van der Waals surface area contributed by atoms with Crippen molar-refractivity contribution in [2.75, 3.05) is 7.11 Å². The summed E-state index contributed by atoms with van der Waals surface area (Å²) in [5.41, 5.74) is 0. The highest BCUT2D eigenvalue weighted by Crippen LogP contribution is 2.41. The lowest BCUT2D eigenvalue weighted by atomic mass is 10.2. The van der Waals surface area contributed by atoms with E-state index in [9.17, 15) is 8.42 Å². The first-order chi connectivity index (χ1) is 10.5. The van der Waals surface area contributed by atoms with Crippen molar-refractivity contribution in [2.24, 2.45) is 13.0 Å². The highest BCUT2D eigenvalue weighted by Gasteiger charge is 2.37. The predicted molar refractivity (Wildman–Crippen MR) is 82.0 cm³/mol. The Morgan fingerprint density at radius 1 is 1.41 bits per heavy atom. The Morgan fingerprint density at radius 2 is 2.18 bits per heavy atom. The van der Waals surface area contributed by atoms with Crippen LogP contribution in [0.25, 0.3) is 0 Å². The van der Waals surface area contributed by atoms with E-state index in [1.54, 1.807) is 24.4 Å². The van der Waals surface area contributed by atoms with Gasteiger partial charge in [0.1, 0.15) is 11.6 Å². The highest BCUT2D eigenvalue weighted by molar-refractivity contribution is 7.89. The maximum Gasteiger partial charge on any atom is 0.241 e. The molecule has 1 aromatic heterocycles. The molecule has 1 atom stereocenters. The highest BCUT2D eigenvalue weighted by atomic mass is 32.2. The van der Waals surface area contributed by atoms with Crippen molar-refractivity contribution in [2.45, 2.75) is 23.8 Å². The molecule has 1 aliphatic carbocycles. The fraction of sp³-hybridized carbons (Fsp3) is 0.400. The first kappa shape index (κ1) is 15.1. The molecule has 7 heteroatoms. The number of aromatic nitrogens is 2. The monoisotopic (exact) mass is 321 g/mol. The molecule has 1 heterocycles. The van der Waals surface area contributed by atoms with Crippen LogP contribution in [0.3, 0.4) is 0 Å². The van der Waals surface area contributed by atoms with Crippen molar-refractivity contribution in [1.82, 2.24) is 14.3 Å². The number of aryl methyl sites for hydroxylation is 1. The molecule has 22 heavy (non-hydrogen) atoms. The average molecular weight is 321 g/mol. The number of benzene rings is 1. The third-order valence-electron chi connectivity index (χ3n) is 3.86. The Kier molecular flexibility index (Phi) is 3.92. The maximum absolute atomic E-state index is 12.6. The van der Waals surface area contributed by atoms with Gasteiger partial charge < -0.3 is 9.30 Å². The third kappa shape index (κ3) is 3.00. The van der Waals surface area contributed by atoms with Crippen molar-refractivity contribution < 1.29 is 13.2 Å². The standard InChI is InChI=1S/C15H19N3O3S/c1-18-9-8-16-15(18)14(11-6-7-11)17-22(19,20)13-5-3-4-12(10-13)21-2/h3-5,8-11,14,17H,6-7H2,1-2H3/t14-/m1/s1. The van der Waals surface area contributed by atoms with E-state index < -0.39 is 10.0 Å². The van der Waals surface area contributed by atoms with E-state index in [2.05, 4.69) is 9.71 Å². The van der Waals surface area contributed by atoms with Crippen LogP contribution >= 0.6 is 0 Å². The number of ether oxygens (including phenoxy) is 1. The van der Waals surface area contributed by atoms with Crippen molar-refractivity contribution in [3.63, 3.8) is 0 Å². The van der Waals surface area contributed by atoms with Gasteiger partial charge in [0.25, 0.3) is 0 Å². The number of sulfonamides is 1. The minimum absolute atomic E-state index is 0.201. The summed E-state index contributed by atoms with van der Waals surface area (Å²) >= 11 is 0. The summed E-state index contributed by atoms with van der Waals surface area (Å²) < 4.78 is 35.0. The van der Waals surface area contributed by atoms with E-state index in [4.69, 9.17) is 4.74 Å². The number of nitrogens with one attached hydrogen (secondary N) is 1. The van der Waals surface area contributed by atoms with Gasteiger partial charge in [-0.2, -0.15) is 0 Å². The molecule has 0 unspecified atom stereocenters. The van der Waals surface area contributed by atoms with Crippen molar-refractivity contribution in [1.29, 1.82) is 0 Å².